The molecule has 0 aliphatic carbocycles. The molecule has 0 aliphatic heterocycles. The Labute approximate surface area is 122 Å². The third-order valence-corrected chi connectivity index (χ3v) is 4.24. The average molecular weight is 283 g/mol. The Kier molecular flexibility index (Phi) is 3.76. The highest BCUT2D eigenvalue weighted by molar-refractivity contribution is 7.10. The molecule has 2 aromatic heterocycles. The molecule has 0 radical (unpaired) electrons. The second-order valence-electron chi connectivity index (χ2n) is 4.71. The van der Waals surface area contributed by atoms with Crippen LogP contribution in [-0.4, -0.2) is 16.5 Å². The van der Waals surface area contributed by atoms with E-state index in [2.05, 4.69) is 35.6 Å². The van der Waals surface area contributed by atoms with Gasteiger partial charge in [0.15, 0.2) is 0 Å². The molecule has 0 aliphatic rings. The fourth-order valence-corrected chi connectivity index (χ4v) is 3.12. The number of rotatable bonds is 4. The van der Waals surface area contributed by atoms with Gasteiger partial charge in [-0.2, -0.15) is 0 Å². The van der Waals surface area contributed by atoms with E-state index in [1.54, 1.807) is 11.3 Å². The number of thiophene rings is 1. The minimum absolute atomic E-state index is 0.114. The van der Waals surface area contributed by atoms with Crippen molar-refractivity contribution in [2.75, 3.05) is 6.54 Å². The van der Waals surface area contributed by atoms with Crippen LogP contribution in [0.2, 0.25) is 0 Å². The van der Waals surface area contributed by atoms with Gasteiger partial charge in [0.05, 0.1) is 29.0 Å². The van der Waals surface area contributed by atoms with Crippen molar-refractivity contribution in [1.82, 2.24) is 15.3 Å². The van der Waals surface area contributed by atoms with E-state index in [0.29, 0.717) is 0 Å². The van der Waals surface area contributed by atoms with Gasteiger partial charge in [0.2, 0.25) is 0 Å². The molecule has 0 spiro atoms. The standard InChI is InChI=1S/C16H17N3S/c1-3-17-16(12-8-9-20-11(12)2)15-10-18-13-6-4-5-7-14(13)19-15/h4-10,16-17H,3H2,1-2H3. The van der Waals surface area contributed by atoms with Gasteiger partial charge >= 0.3 is 0 Å². The molecule has 1 unspecified atom stereocenters. The molecule has 3 rings (SSSR count). The van der Waals surface area contributed by atoms with Crippen LogP contribution >= 0.6 is 11.3 Å². The molecule has 1 N–H and O–H groups in total. The normalized spacial score (nSPS) is 12.7. The van der Waals surface area contributed by atoms with Crippen LogP contribution in [0.4, 0.5) is 0 Å². The Balaban J connectivity index is 2.07. The van der Waals surface area contributed by atoms with Gasteiger partial charge in [-0.3, -0.25) is 4.98 Å². The Morgan fingerprint density at radius 1 is 1.20 bits per heavy atom. The van der Waals surface area contributed by atoms with Crippen molar-refractivity contribution < 1.29 is 0 Å². The monoisotopic (exact) mass is 283 g/mol. The van der Waals surface area contributed by atoms with Crippen LogP contribution < -0.4 is 5.32 Å². The topological polar surface area (TPSA) is 37.8 Å². The molecule has 2 heterocycles. The number of hydrogen-bond acceptors (Lipinski definition) is 4. The van der Waals surface area contributed by atoms with Crippen molar-refractivity contribution >= 4 is 22.4 Å². The summed E-state index contributed by atoms with van der Waals surface area (Å²) in [5, 5.41) is 5.64. The number of nitrogens with one attached hydrogen (secondary N) is 1. The number of para-hydroxylation sites is 2. The van der Waals surface area contributed by atoms with Crippen molar-refractivity contribution in [3.8, 4) is 0 Å². The Morgan fingerprint density at radius 3 is 2.70 bits per heavy atom. The fourth-order valence-electron chi connectivity index (χ4n) is 2.38. The Morgan fingerprint density at radius 2 is 2.00 bits per heavy atom. The van der Waals surface area contributed by atoms with Gasteiger partial charge in [-0.25, -0.2) is 4.98 Å². The van der Waals surface area contributed by atoms with Crippen LogP contribution in [0.25, 0.3) is 11.0 Å². The van der Waals surface area contributed by atoms with E-state index in [1.165, 1.54) is 10.4 Å². The minimum atomic E-state index is 0.114. The maximum atomic E-state index is 4.77. The Hall–Kier alpha value is -1.78. The number of fused-ring (bicyclic) bond motifs is 1. The lowest BCUT2D eigenvalue weighted by Crippen LogP contribution is -2.23. The first-order valence-electron chi connectivity index (χ1n) is 6.78. The van der Waals surface area contributed by atoms with E-state index in [1.807, 2.05) is 30.5 Å². The summed E-state index contributed by atoms with van der Waals surface area (Å²) in [7, 11) is 0. The first kappa shape index (κ1) is 13.2. The third kappa shape index (κ3) is 2.44. The van der Waals surface area contributed by atoms with E-state index >= 15 is 0 Å². The van der Waals surface area contributed by atoms with Crippen molar-refractivity contribution in [2.24, 2.45) is 0 Å². The summed E-state index contributed by atoms with van der Waals surface area (Å²) >= 11 is 1.77. The number of benzene rings is 1. The first-order valence-corrected chi connectivity index (χ1v) is 7.66. The first-order chi connectivity index (χ1) is 9.79. The average Bonchev–Trinajstić information content (AvgIpc) is 2.90. The summed E-state index contributed by atoms with van der Waals surface area (Å²) in [6.07, 6.45) is 1.88. The summed E-state index contributed by atoms with van der Waals surface area (Å²) in [5.41, 5.74) is 4.16. The predicted molar refractivity (Wildman–Crippen MR) is 84.1 cm³/mol. The molecule has 3 aromatic rings. The molecule has 3 nitrogen and oxygen atoms in total. The molecule has 0 amide bonds. The smallest absolute Gasteiger partial charge is 0.0890 e. The SMILES string of the molecule is CCNC(c1cnc2ccccc2n1)c1ccsc1C. The zero-order valence-electron chi connectivity index (χ0n) is 11.6. The summed E-state index contributed by atoms with van der Waals surface area (Å²) < 4.78 is 0. The highest BCUT2D eigenvalue weighted by Crippen LogP contribution is 2.27. The second kappa shape index (κ2) is 5.69. The van der Waals surface area contributed by atoms with E-state index in [0.717, 1.165) is 23.3 Å². The van der Waals surface area contributed by atoms with Crippen LogP contribution in [-0.2, 0) is 0 Å². The van der Waals surface area contributed by atoms with Gasteiger partial charge in [0, 0.05) is 4.88 Å². The number of aromatic nitrogens is 2. The summed E-state index contributed by atoms with van der Waals surface area (Å²) in [5.74, 6) is 0. The van der Waals surface area contributed by atoms with E-state index < -0.39 is 0 Å². The van der Waals surface area contributed by atoms with Crippen LogP contribution in [0, 0.1) is 6.92 Å². The van der Waals surface area contributed by atoms with Crippen LogP contribution in [0.15, 0.2) is 41.9 Å². The lowest BCUT2D eigenvalue weighted by molar-refractivity contribution is 0.615. The number of nitrogens with zero attached hydrogens (tertiary/aromatic N) is 2. The van der Waals surface area contributed by atoms with E-state index in [-0.39, 0.29) is 6.04 Å². The van der Waals surface area contributed by atoms with Crippen LogP contribution in [0.3, 0.4) is 0 Å². The van der Waals surface area contributed by atoms with Gasteiger partial charge in [-0.15, -0.1) is 11.3 Å². The quantitative estimate of drug-likeness (QED) is 0.793. The van der Waals surface area contributed by atoms with E-state index in [9.17, 15) is 0 Å². The molecule has 0 bridgehead atoms. The summed E-state index contributed by atoms with van der Waals surface area (Å²) in [6.45, 7) is 5.16. The fraction of sp³-hybridized carbons (Fsp3) is 0.250. The van der Waals surface area contributed by atoms with Crippen LogP contribution in [0.5, 0.6) is 0 Å². The predicted octanol–water partition coefficient (Wildman–Crippen LogP) is 3.70. The maximum Gasteiger partial charge on any atom is 0.0890 e. The van der Waals surface area contributed by atoms with Crippen molar-refractivity contribution in [3.05, 3.63) is 58.0 Å². The molecule has 102 valence electrons. The van der Waals surface area contributed by atoms with Gasteiger partial charge in [0.1, 0.15) is 0 Å². The summed E-state index contributed by atoms with van der Waals surface area (Å²) in [6, 6.07) is 10.3. The maximum absolute atomic E-state index is 4.77. The molecule has 0 saturated carbocycles. The van der Waals surface area contributed by atoms with Gasteiger partial charge in [0.25, 0.3) is 0 Å². The highest BCUT2D eigenvalue weighted by atomic mass is 32.1. The van der Waals surface area contributed by atoms with Crippen molar-refractivity contribution in [3.63, 3.8) is 0 Å². The zero-order valence-corrected chi connectivity index (χ0v) is 12.4. The minimum Gasteiger partial charge on any atom is -0.305 e. The molecule has 0 saturated heterocycles. The molecular weight excluding hydrogens is 266 g/mol. The zero-order chi connectivity index (χ0) is 13.9. The molecular formula is C16H17N3S. The Bertz CT molecular complexity index is 720. The lowest BCUT2D eigenvalue weighted by atomic mass is 10.1. The van der Waals surface area contributed by atoms with Gasteiger partial charge < -0.3 is 5.32 Å². The van der Waals surface area contributed by atoms with Crippen molar-refractivity contribution in [2.45, 2.75) is 19.9 Å². The van der Waals surface area contributed by atoms with Gasteiger partial charge in [-0.1, -0.05) is 19.1 Å². The van der Waals surface area contributed by atoms with Gasteiger partial charge in [-0.05, 0) is 42.6 Å². The molecule has 1 aromatic carbocycles. The highest BCUT2D eigenvalue weighted by Gasteiger charge is 2.18. The molecule has 0 fully saturated rings. The largest absolute Gasteiger partial charge is 0.305 e. The third-order valence-electron chi connectivity index (χ3n) is 3.38. The number of hydrogen-bond donors (Lipinski definition) is 1. The van der Waals surface area contributed by atoms with E-state index in [4.69, 9.17) is 4.98 Å². The lowest BCUT2D eigenvalue weighted by Gasteiger charge is -2.17. The number of aryl methyl sites for hydroxylation is 1. The van der Waals surface area contributed by atoms with Crippen LogP contribution in [0.1, 0.15) is 29.1 Å². The summed E-state index contributed by atoms with van der Waals surface area (Å²) in [4.78, 5) is 10.6. The molecule has 4 heteroatoms. The van der Waals surface area contributed by atoms with Crippen molar-refractivity contribution in [1.29, 1.82) is 0 Å². The molecule has 20 heavy (non-hydrogen) atoms. The second-order valence-corrected chi connectivity index (χ2v) is 5.83. The molecule has 1 atom stereocenters.